The van der Waals surface area contributed by atoms with Crippen molar-refractivity contribution in [2.45, 2.75) is 55.5 Å². The van der Waals surface area contributed by atoms with Gasteiger partial charge in [-0.05, 0) is 50.4 Å². The van der Waals surface area contributed by atoms with Crippen LogP contribution < -0.4 is 9.47 Å². The Morgan fingerprint density at radius 2 is 1.85 bits per heavy atom. The highest BCUT2D eigenvalue weighted by Crippen LogP contribution is 2.63. The van der Waals surface area contributed by atoms with Crippen LogP contribution in [-0.2, 0) is 26.2 Å². The Balaban J connectivity index is 0.000000241. The van der Waals surface area contributed by atoms with Crippen molar-refractivity contribution in [3.63, 3.8) is 0 Å². The average molecular weight is 486 g/mol. The summed E-state index contributed by atoms with van der Waals surface area (Å²) in [6, 6.07) is 4.73. The van der Waals surface area contributed by atoms with E-state index in [-0.39, 0.29) is 29.7 Å². The highest BCUT2D eigenvalue weighted by atomic mass is 35.5. The SMILES string of the molecule is COc1ccc2c3c1O[C@H]1C(=O)CC[C@H]4[C@@H](C2)N(C)CC[C@]314.Cl.O=C(O)C(O)C(O)C(=O)O. The van der Waals surface area contributed by atoms with Gasteiger partial charge in [0.25, 0.3) is 0 Å². The monoisotopic (exact) mass is 485 g/mol. The molecule has 1 saturated heterocycles. The Morgan fingerprint density at radius 1 is 1.21 bits per heavy atom. The predicted octanol–water partition coefficient (Wildman–Crippen LogP) is 0.233. The van der Waals surface area contributed by atoms with Crippen molar-refractivity contribution in [3.8, 4) is 11.5 Å². The van der Waals surface area contributed by atoms with E-state index in [1.807, 2.05) is 6.07 Å². The number of carbonyl (C=O) groups is 3. The smallest absolute Gasteiger partial charge is 0.335 e. The van der Waals surface area contributed by atoms with E-state index in [4.69, 9.17) is 29.9 Å². The lowest BCUT2D eigenvalue weighted by Gasteiger charge is -2.57. The van der Waals surface area contributed by atoms with E-state index in [1.165, 1.54) is 11.1 Å². The largest absolute Gasteiger partial charge is 0.493 e. The minimum Gasteiger partial charge on any atom is -0.493 e. The van der Waals surface area contributed by atoms with E-state index in [9.17, 15) is 14.4 Å². The van der Waals surface area contributed by atoms with Crippen LogP contribution in [0.25, 0.3) is 0 Å². The van der Waals surface area contributed by atoms with Crippen molar-refractivity contribution in [2.24, 2.45) is 5.92 Å². The normalized spacial score (nSPS) is 30.4. The quantitative estimate of drug-likeness (QED) is 0.466. The fourth-order valence-electron chi connectivity index (χ4n) is 5.94. The molecule has 4 aliphatic rings. The first-order valence-electron chi connectivity index (χ1n) is 10.5. The number of carboxylic acids is 2. The molecule has 4 N–H and O–H groups in total. The molecule has 2 aliphatic carbocycles. The number of ether oxygens (including phenoxy) is 2. The third-order valence-electron chi connectivity index (χ3n) is 7.40. The van der Waals surface area contributed by atoms with Crippen LogP contribution in [0.1, 0.15) is 30.4 Å². The number of likely N-dealkylation sites (tertiary alicyclic amines) is 1. The first-order valence-corrected chi connectivity index (χ1v) is 10.5. The van der Waals surface area contributed by atoms with Crippen LogP contribution in [0, 0.1) is 5.92 Å². The molecule has 0 aromatic heterocycles. The van der Waals surface area contributed by atoms with Gasteiger partial charge in [0, 0.05) is 23.4 Å². The average Bonchev–Trinajstić information content (AvgIpc) is 3.12. The van der Waals surface area contributed by atoms with E-state index < -0.39 is 24.1 Å². The first-order chi connectivity index (χ1) is 15.1. The van der Waals surface area contributed by atoms with Gasteiger partial charge >= 0.3 is 11.9 Å². The Labute approximate surface area is 196 Å². The second-order valence-corrected chi connectivity index (χ2v) is 8.85. The van der Waals surface area contributed by atoms with Crippen molar-refractivity contribution < 1.29 is 44.3 Å². The molecular formula is C22H28ClNO9. The maximum absolute atomic E-state index is 12.6. The molecule has 0 radical (unpaired) electrons. The zero-order valence-electron chi connectivity index (χ0n) is 18.3. The summed E-state index contributed by atoms with van der Waals surface area (Å²) in [5.74, 6) is -1.08. The van der Waals surface area contributed by atoms with Crippen LogP contribution in [0.15, 0.2) is 12.1 Å². The zero-order valence-corrected chi connectivity index (χ0v) is 19.1. The third kappa shape index (κ3) is 3.74. The van der Waals surface area contributed by atoms with Crippen molar-refractivity contribution in [2.75, 3.05) is 20.7 Å². The summed E-state index contributed by atoms with van der Waals surface area (Å²) < 4.78 is 11.8. The fraction of sp³-hybridized carbons (Fsp3) is 0.591. The molecule has 2 unspecified atom stereocenters. The van der Waals surface area contributed by atoms with Gasteiger partial charge in [0.2, 0.25) is 0 Å². The highest BCUT2D eigenvalue weighted by Gasteiger charge is 2.65. The maximum atomic E-state index is 12.6. The summed E-state index contributed by atoms with van der Waals surface area (Å²) in [5.41, 5.74) is 2.57. The van der Waals surface area contributed by atoms with Gasteiger partial charge in [0.05, 0.1) is 7.11 Å². The van der Waals surface area contributed by atoms with Crippen LogP contribution >= 0.6 is 12.4 Å². The predicted molar refractivity (Wildman–Crippen MR) is 116 cm³/mol. The van der Waals surface area contributed by atoms with Crippen LogP contribution in [-0.4, -0.2) is 88.1 Å². The number of piperidine rings is 1. The van der Waals surface area contributed by atoms with E-state index in [1.54, 1.807) is 7.11 Å². The maximum Gasteiger partial charge on any atom is 0.335 e. The minimum atomic E-state index is -2.27. The lowest BCUT2D eigenvalue weighted by molar-refractivity contribution is -0.165. The number of ketones is 1. The van der Waals surface area contributed by atoms with Gasteiger partial charge in [0.1, 0.15) is 0 Å². The molecule has 2 heterocycles. The number of Topliss-reactive ketones (excluding diaryl/α,β-unsaturated/α-hetero) is 1. The molecular weight excluding hydrogens is 458 g/mol. The minimum absolute atomic E-state index is 0. The molecule has 0 amide bonds. The summed E-state index contributed by atoms with van der Waals surface area (Å²) in [7, 11) is 3.91. The number of benzene rings is 1. The lowest BCUT2D eigenvalue weighted by Crippen LogP contribution is -2.65. The number of carbonyl (C=O) groups excluding carboxylic acids is 1. The van der Waals surface area contributed by atoms with Gasteiger partial charge in [-0.3, -0.25) is 4.79 Å². The van der Waals surface area contributed by atoms with Gasteiger partial charge in [-0.25, -0.2) is 9.59 Å². The molecule has 1 aromatic rings. The number of aliphatic carboxylic acids is 2. The van der Waals surface area contributed by atoms with Gasteiger partial charge in [0.15, 0.2) is 35.6 Å². The van der Waals surface area contributed by atoms with Crippen LogP contribution in [0.3, 0.4) is 0 Å². The number of methoxy groups -OCH3 is 1. The molecule has 2 aliphatic heterocycles. The topological polar surface area (TPSA) is 154 Å². The van der Waals surface area contributed by atoms with E-state index in [2.05, 4.69) is 18.0 Å². The number of aliphatic hydroxyl groups is 2. The van der Waals surface area contributed by atoms with Crippen molar-refractivity contribution in [3.05, 3.63) is 23.3 Å². The number of hydrogen-bond acceptors (Lipinski definition) is 8. The second kappa shape index (κ2) is 9.09. The standard InChI is InChI=1S/C18H21NO3.C4H6O6.ClH/c1-19-8-7-18-11-4-5-13(20)17(18)22-16-14(21-2)6-3-10(15(16)18)9-12(11)19;5-1(3(7)8)2(6)4(9)10;/h3,6,11-12,17H,4-5,7-9H2,1-2H3;1-2,5-6H,(H,7,8)(H,9,10);1H/t11-,12+,17-,18-;;/m0../s1. The van der Waals surface area contributed by atoms with E-state index in [0.717, 1.165) is 37.3 Å². The van der Waals surface area contributed by atoms with Crippen LogP contribution in [0.5, 0.6) is 11.5 Å². The molecule has 1 aromatic carbocycles. The number of rotatable bonds is 4. The molecule has 33 heavy (non-hydrogen) atoms. The fourth-order valence-corrected chi connectivity index (χ4v) is 5.94. The van der Waals surface area contributed by atoms with Crippen LogP contribution in [0.4, 0.5) is 0 Å². The number of nitrogens with zero attached hydrogens (tertiary/aromatic N) is 1. The molecule has 1 saturated carbocycles. The van der Waals surface area contributed by atoms with Gasteiger partial charge in [-0.1, -0.05) is 6.07 Å². The highest BCUT2D eigenvalue weighted by molar-refractivity contribution is 5.89. The summed E-state index contributed by atoms with van der Waals surface area (Å²) >= 11 is 0. The molecule has 6 atom stereocenters. The Hall–Kier alpha value is -2.40. The molecule has 2 fully saturated rings. The number of halogens is 1. The summed E-state index contributed by atoms with van der Waals surface area (Å²) in [6.45, 7) is 1.05. The summed E-state index contributed by atoms with van der Waals surface area (Å²) in [6.07, 6.45) is -1.06. The number of carboxylic acid groups (broad SMARTS) is 2. The van der Waals surface area contributed by atoms with Crippen LogP contribution in [0.2, 0.25) is 0 Å². The Morgan fingerprint density at radius 3 is 2.42 bits per heavy atom. The molecule has 5 rings (SSSR count). The number of hydrogen-bond donors (Lipinski definition) is 4. The summed E-state index contributed by atoms with van der Waals surface area (Å²) in [5, 5.41) is 32.5. The zero-order chi connectivity index (χ0) is 23.4. The van der Waals surface area contributed by atoms with E-state index >= 15 is 0 Å². The van der Waals surface area contributed by atoms with Crippen molar-refractivity contribution in [1.29, 1.82) is 0 Å². The lowest BCUT2D eigenvalue weighted by atomic mass is 9.52. The third-order valence-corrected chi connectivity index (χ3v) is 7.40. The van der Waals surface area contributed by atoms with Crippen molar-refractivity contribution in [1.82, 2.24) is 4.90 Å². The van der Waals surface area contributed by atoms with Crippen molar-refractivity contribution >= 4 is 30.1 Å². The Kier molecular flexibility index (Phi) is 6.95. The molecule has 1 spiro atoms. The molecule has 182 valence electrons. The van der Waals surface area contributed by atoms with Gasteiger partial charge < -0.3 is 34.8 Å². The number of likely N-dealkylation sites (N-methyl/N-ethyl adjacent to an activating group) is 1. The molecule has 10 nitrogen and oxygen atoms in total. The van der Waals surface area contributed by atoms with Gasteiger partial charge in [-0.15, -0.1) is 12.4 Å². The second-order valence-electron chi connectivity index (χ2n) is 8.85. The Bertz CT molecular complexity index is 951. The first kappa shape index (κ1) is 25.2. The summed E-state index contributed by atoms with van der Waals surface area (Å²) in [4.78, 5) is 34.7. The molecule has 11 heteroatoms. The molecule has 2 bridgehead atoms. The van der Waals surface area contributed by atoms with E-state index in [0.29, 0.717) is 18.4 Å². The number of aliphatic hydroxyl groups excluding tert-OH is 2. The van der Waals surface area contributed by atoms with Gasteiger partial charge in [-0.2, -0.15) is 0 Å².